The zero-order valence-electron chi connectivity index (χ0n) is 12.0. The average molecular weight is 275 g/mol. The number of nitrogens with zero attached hydrogens (tertiary/aromatic N) is 1. The number of carbonyl (C=O) groups is 2. The van der Waals surface area contributed by atoms with Gasteiger partial charge in [0.1, 0.15) is 0 Å². The lowest BCUT2D eigenvalue weighted by Crippen LogP contribution is -2.46. The van der Waals surface area contributed by atoms with Gasteiger partial charge < -0.3 is 15.5 Å². The minimum absolute atomic E-state index is 0.0230. The zero-order valence-corrected chi connectivity index (χ0v) is 12.0. The second-order valence-corrected chi connectivity index (χ2v) is 5.32. The largest absolute Gasteiger partial charge is 0.352 e. The Morgan fingerprint density at radius 3 is 2.65 bits per heavy atom. The molecule has 0 saturated heterocycles. The molecule has 1 aliphatic heterocycles. The predicted molar refractivity (Wildman–Crippen MR) is 77.2 cm³/mol. The average Bonchev–Trinajstić information content (AvgIpc) is 2.43. The van der Waals surface area contributed by atoms with Crippen molar-refractivity contribution in [3.8, 4) is 0 Å². The molecule has 1 heterocycles. The van der Waals surface area contributed by atoms with Crippen LogP contribution in [0.2, 0.25) is 0 Å². The highest BCUT2D eigenvalue weighted by atomic mass is 16.2. The van der Waals surface area contributed by atoms with Crippen molar-refractivity contribution >= 4 is 11.9 Å². The van der Waals surface area contributed by atoms with Gasteiger partial charge in [0.25, 0.3) is 0 Å². The first kappa shape index (κ1) is 14.4. The van der Waals surface area contributed by atoms with Crippen LogP contribution in [0, 0.1) is 0 Å². The third-order valence-electron chi connectivity index (χ3n) is 3.27. The summed E-state index contributed by atoms with van der Waals surface area (Å²) in [4.78, 5) is 25.3. The van der Waals surface area contributed by atoms with Gasteiger partial charge in [-0.3, -0.25) is 4.79 Å². The van der Waals surface area contributed by atoms with E-state index in [2.05, 4.69) is 16.7 Å². The van der Waals surface area contributed by atoms with E-state index in [9.17, 15) is 9.59 Å². The Labute approximate surface area is 119 Å². The first-order valence-electron chi connectivity index (χ1n) is 6.95. The Morgan fingerprint density at radius 2 is 1.95 bits per heavy atom. The molecular formula is C15H21N3O2. The van der Waals surface area contributed by atoms with Crippen molar-refractivity contribution in [2.75, 3.05) is 13.1 Å². The minimum Gasteiger partial charge on any atom is -0.352 e. The molecule has 2 N–H and O–H groups in total. The van der Waals surface area contributed by atoms with Gasteiger partial charge >= 0.3 is 6.03 Å². The highest BCUT2D eigenvalue weighted by Crippen LogP contribution is 2.18. The molecule has 2 rings (SSSR count). The highest BCUT2D eigenvalue weighted by Gasteiger charge is 2.20. The maximum atomic E-state index is 12.0. The fourth-order valence-corrected chi connectivity index (χ4v) is 2.31. The number of nitrogens with one attached hydrogen (secondary N) is 2. The maximum Gasteiger partial charge on any atom is 0.318 e. The van der Waals surface area contributed by atoms with Gasteiger partial charge in [0.15, 0.2) is 0 Å². The molecule has 0 radical (unpaired) electrons. The molecule has 0 spiro atoms. The lowest BCUT2D eigenvalue weighted by atomic mass is 10.0. The Kier molecular flexibility index (Phi) is 4.61. The van der Waals surface area contributed by atoms with Crippen LogP contribution in [0.5, 0.6) is 0 Å². The fourth-order valence-electron chi connectivity index (χ4n) is 2.31. The van der Waals surface area contributed by atoms with Crippen LogP contribution in [-0.2, 0) is 17.8 Å². The van der Waals surface area contributed by atoms with Crippen LogP contribution in [0.3, 0.4) is 0 Å². The summed E-state index contributed by atoms with van der Waals surface area (Å²) in [6, 6.07) is 8.04. The second-order valence-electron chi connectivity index (χ2n) is 5.32. The van der Waals surface area contributed by atoms with E-state index in [1.165, 1.54) is 11.1 Å². The monoisotopic (exact) mass is 275 g/mol. The Morgan fingerprint density at radius 1 is 1.25 bits per heavy atom. The summed E-state index contributed by atoms with van der Waals surface area (Å²) in [7, 11) is 0. The fraction of sp³-hybridized carbons (Fsp3) is 0.467. The minimum atomic E-state index is -0.182. The Bertz CT molecular complexity index is 500. The van der Waals surface area contributed by atoms with Crippen molar-refractivity contribution < 1.29 is 9.59 Å². The summed E-state index contributed by atoms with van der Waals surface area (Å²) in [5.41, 5.74) is 2.48. The second kappa shape index (κ2) is 6.41. The quantitative estimate of drug-likeness (QED) is 0.873. The standard InChI is InChI=1S/C15H21N3O2/c1-11(2)17-14(19)9-16-15(20)18-8-7-12-5-3-4-6-13(12)10-18/h3-6,11H,7-10H2,1-2H3,(H,16,20)(H,17,19). The van der Waals surface area contributed by atoms with E-state index in [1.807, 2.05) is 32.0 Å². The molecule has 0 saturated carbocycles. The van der Waals surface area contributed by atoms with Gasteiger partial charge in [-0.15, -0.1) is 0 Å². The molecule has 20 heavy (non-hydrogen) atoms. The Balaban J connectivity index is 1.84. The summed E-state index contributed by atoms with van der Waals surface area (Å²) in [6.07, 6.45) is 0.863. The number of amides is 3. The first-order valence-corrected chi connectivity index (χ1v) is 6.95. The molecule has 1 aromatic rings. The van der Waals surface area contributed by atoms with E-state index in [1.54, 1.807) is 4.90 Å². The highest BCUT2D eigenvalue weighted by molar-refractivity contribution is 5.84. The first-order chi connectivity index (χ1) is 9.56. The predicted octanol–water partition coefficient (Wildman–Crippen LogP) is 1.28. The molecule has 0 atom stereocenters. The van der Waals surface area contributed by atoms with Crippen molar-refractivity contribution in [3.05, 3.63) is 35.4 Å². The lowest BCUT2D eigenvalue weighted by molar-refractivity contribution is -0.120. The number of urea groups is 1. The van der Waals surface area contributed by atoms with Crippen LogP contribution >= 0.6 is 0 Å². The molecule has 0 fully saturated rings. The van der Waals surface area contributed by atoms with E-state index >= 15 is 0 Å². The van der Waals surface area contributed by atoms with Gasteiger partial charge in [-0.2, -0.15) is 0 Å². The molecule has 0 aliphatic carbocycles. The third kappa shape index (κ3) is 3.73. The summed E-state index contributed by atoms with van der Waals surface area (Å²) in [6.45, 7) is 5.10. The molecule has 3 amide bonds. The van der Waals surface area contributed by atoms with E-state index in [4.69, 9.17) is 0 Å². The van der Waals surface area contributed by atoms with Crippen molar-refractivity contribution in [2.45, 2.75) is 32.9 Å². The van der Waals surface area contributed by atoms with Crippen LogP contribution in [0.4, 0.5) is 4.79 Å². The maximum absolute atomic E-state index is 12.0. The number of benzene rings is 1. The van der Waals surface area contributed by atoms with Crippen LogP contribution in [0.25, 0.3) is 0 Å². The number of carbonyl (C=O) groups excluding carboxylic acids is 2. The van der Waals surface area contributed by atoms with Crippen molar-refractivity contribution in [2.24, 2.45) is 0 Å². The van der Waals surface area contributed by atoms with Crippen molar-refractivity contribution in [1.82, 2.24) is 15.5 Å². The number of hydrogen-bond donors (Lipinski definition) is 2. The summed E-state index contributed by atoms with van der Waals surface area (Å²) < 4.78 is 0. The van der Waals surface area contributed by atoms with E-state index in [-0.39, 0.29) is 24.5 Å². The topological polar surface area (TPSA) is 61.4 Å². The molecule has 0 bridgehead atoms. The van der Waals surface area contributed by atoms with Gasteiger partial charge in [0.05, 0.1) is 6.54 Å². The number of rotatable bonds is 3. The van der Waals surface area contributed by atoms with Gasteiger partial charge in [-0.05, 0) is 31.4 Å². The van der Waals surface area contributed by atoms with Gasteiger partial charge in [0, 0.05) is 19.1 Å². The molecule has 108 valence electrons. The van der Waals surface area contributed by atoms with E-state index in [0.29, 0.717) is 13.1 Å². The number of hydrogen-bond acceptors (Lipinski definition) is 2. The van der Waals surface area contributed by atoms with Crippen LogP contribution < -0.4 is 10.6 Å². The van der Waals surface area contributed by atoms with Crippen LogP contribution in [-0.4, -0.2) is 36.0 Å². The van der Waals surface area contributed by atoms with Crippen molar-refractivity contribution in [1.29, 1.82) is 0 Å². The smallest absolute Gasteiger partial charge is 0.318 e. The van der Waals surface area contributed by atoms with Crippen molar-refractivity contribution in [3.63, 3.8) is 0 Å². The zero-order chi connectivity index (χ0) is 14.5. The SMILES string of the molecule is CC(C)NC(=O)CNC(=O)N1CCc2ccccc2C1. The molecule has 5 nitrogen and oxygen atoms in total. The third-order valence-corrected chi connectivity index (χ3v) is 3.27. The molecular weight excluding hydrogens is 254 g/mol. The molecule has 5 heteroatoms. The Hall–Kier alpha value is -2.04. The van der Waals surface area contributed by atoms with Gasteiger partial charge in [-0.1, -0.05) is 24.3 Å². The molecule has 0 unspecified atom stereocenters. The van der Waals surface area contributed by atoms with E-state index < -0.39 is 0 Å². The van der Waals surface area contributed by atoms with Gasteiger partial charge in [-0.25, -0.2) is 4.79 Å². The summed E-state index contributed by atoms with van der Waals surface area (Å²) >= 11 is 0. The normalized spacial score (nSPS) is 13.8. The molecule has 1 aliphatic rings. The van der Waals surface area contributed by atoms with Crippen LogP contribution in [0.15, 0.2) is 24.3 Å². The lowest BCUT2D eigenvalue weighted by Gasteiger charge is -2.28. The molecule has 0 aromatic heterocycles. The summed E-state index contributed by atoms with van der Waals surface area (Å²) in [5.74, 6) is -0.161. The summed E-state index contributed by atoms with van der Waals surface area (Å²) in [5, 5.41) is 5.41. The molecule has 1 aromatic carbocycles. The van der Waals surface area contributed by atoms with E-state index in [0.717, 1.165) is 6.42 Å². The van der Waals surface area contributed by atoms with Crippen LogP contribution in [0.1, 0.15) is 25.0 Å². The van der Waals surface area contributed by atoms with Gasteiger partial charge in [0.2, 0.25) is 5.91 Å². The number of fused-ring (bicyclic) bond motifs is 1.